The second-order valence-corrected chi connectivity index (χ2v) is 5.14. The van der Waals surface area contributed by atoms with Crippen LogP contribution in [-0.4, -0.2) is 6.54 Å². The molecule has 0 aliphatic rings. The van der Waals surface area contributed by atoms with Crippen molar-refractivity contribution in [1.82, 2.24) is 5.32 Å². The molecule has 1 N–H and O–H groups in total. The first-order chi connectivity index (χ1) is 7.61. The molecule has 1 aromatic carbocycles. The fraction of sp³-hybridized carbons (Fsp3) is 0.571. The van der Waals surface area contributed by atoms with Crippen LogP contribution in [0, 0.1) is 5.92 Å². The average Bonchev–Trinajstić information content (AvgIpc) is 2.24. The lowest BCUT2D eigenvalue weighted by molar-refractivity contribution is 0.497. The summed E-state index contributed by atoms with van der Waals surface area (Å²) in [6.07, 6.45) is 2.51. The van der Waals surface area contributed by atoms with Crippen molar-refractivity contribution < 1.29 is 0 Å². The zero-order chi connectivity index (χ0) is 12.0. The number of hydrogen-bond acceptors (Lipinski definition) is 1. The van der Waals surface area contributed by atoms with Gasteiger partial charge < -0.3 is 5.32 Å². The van der Waals surface area contributed by atoms with Gasteiger partial charge in [0.2, 0.25) is 0 Å². The molecule has 0 spiro atoms. The van der Waals surface area contributed by atoms with Crippen LogP contribution in [0.4, 0.5) is 0 Å². The van der Waals surface area contributed by atoms with Crippen LogP contribution in [0.15, 0.2) is 24.3 Å². The van der Waals surface area contributed by atoms with Crippen LogP contribution < -0.4 is 5.32 Å². The Balaban J connectivity index is 2.35. The molecule has 0 radical (unpaired) electrons. The van der Waals surface area contributed by atoms with E-state index in [4.69, 9.17) is 11.6 Å². The average molecular weight is 240 g/mol. The van der Waals surface area contributed by atoms with E-state index in [9.17, 15) is 0 Å². The third-order valence-corrected chi connectivity index (χ3v) is 3.12. The molecule has 2 heteroatoms. The maximum Gasteiger partial charge on any atom is 0.0453 e. The normalized spacial score (nSPS) is 13.1. The minimum absolute atomic E-state index is 0.334. The van der Waals surface area contributed by atoms with Crippen molar-refractivity contribution in [3.8, 4) is 0 Å². The van der Waals surface area contributed by atoms with Gasteiger partial charge in [0.15, 0.2) is 0 Å². The van der Waals surface area contributed by atoms with Gasteiger partial charge in [0.1, 0.15) is 0 Å². The summed E-state index contributed by atoms with van der Waals surface area (Å²) in [5, 5.41) is 4.36. The Bertz CT molecular complexity index is 309. The van der Waals surface area contributed by atoms with E-state index in [0.29, 0.717) is 6.04 Å². The van der Waals surface area contributed by atoms with E-state index in [0.717, 1.165) is 17.5 Å². The van der Waals surface area contributed by atoms with Gasteiger partial charge in [-0.1, -0.05) is 43.6 Å². The smallest absolute Gasteiger partial charge is 0.0453 e. The van der Waals surface area contributed by atoms with Gasteiger partial charge in [-0.25, -0.2) is 0 Å². The minimum atomic E-state index is 0.334. The van der Waals surface area contributed by atoms with Crippen molar-refractivity contribution in [2.24, 2.45) is 5.92 Å². The lowest BCUT2D eigenvalue weighted by Gasteiger charge is -2.15. The molecule has 0 heterocycles. The summed E-state index contributed by atoms with van der Waals surface area (Å²) in [4.78, 5) is 0. The Labute approximate surface area is 104 Å². The van der Waals surface area contributed by atoms with Gasteiger partial charge in [-0.15, -0.1) is 0 Å². The highest BCUT2D eigenvalue weighted by molar-refractivity contribution is 6.31. The van der Waals surface area contributed by atoms with Crippen molar-refractivity contribution >= 4 is 11.6 Å². The lowest BCUT2D eigenvalue weighted by Crippen LogP contribution is -2.20. The van der Waals surface area contributed by atoms with Crippen molar-refractivity contribution in [1.29, 1.82) is 0 Å². The number of hydrogen-bond donors (Lipinski definition) is 1. The maximum absolute atomic E-state index is 6.14. The molecule has 0 saturated carbocycles. The van der Waals surface area contributed by atoms with Gasteiger partial charge in [-0.3, -0.25) is 0 Å². The van der Waals surface area contributed by atoms with Gasteiger partial charge >= 0.3 is 0 Å². The number of nitrogens with one attached hydrogen (secondary N) is 1. The third-order valence-electron chi connectivity index (χ3n) is 2.78. The summed E-state index contributed by atoms with van der Waals surface area (Å²) in [5.41, 5.74) is 1.19. The van der Waals surface area contributed by atoms with Gasteiger partial charge in [0.25, 0.3) is 0 Å². The zero-order valence-electron chi connectivity index (χ0n) is 10.5. The fourth-order valence-corrected chi connectivity index (χ4v) is 2.06. The topological polar surface area (TPSA) is 12.0 Å². The molecule has 16 heavy (non-hydrogen) atoms. The lowest BCUT2D eigenvalue weighted by atomic mass is 10.1. The predicted molar refractivity (Wildman–Crippen MR) is 71.9 cm³/mol. The number of rotatable bonds is 6. The molecule has 1 atom stereocenters. The zero-order valence-corrected chi connectivity index (χ0v) is 11.2. The summed E-state index contributed by atoms with van der Waals surface area (Å²) < 4.78 is 0. The Morgan fingerprint density at radius 1 is 1.19 bits per heavy atom. The second kappa shape index (κ2) is 6.93. The maximum atomic E-state index is 6.14. The highest BCUT2D eigenvalue weighted by Gasteiger charge is 2.07. The predicted octanol–water partition coefficient (Wildman–Crippen LogP) is 4.43. The summed E-state index contributed by atoms with van der Waals surface area (Å²) in [5.74, 6) is 0.789. The van der Waals surface area contributed by atoms with Crippen LogP contribution in [0.3, 0.4) is 0 Å². The molecule has 0 aromatic heterocycles. The molecule has 0 saturated heterocycles. The summed E-state index contributed by atoms with van der Waals surface area (Å²) in [6.45, 7) is 7.75. The second-order valence-electron chi connectivity index (χ2n) is 4.73. The van der Waals surface area contributed by atoms with Crippen molar-refractivity contribution in [3.63, 3.8) is 0 Å². The molecule has 1 nitrogen and oxygen atoms in total. The van der Waals surface area contributed by atoms with E-state index in [1.807, 2.05) is 18.2 Å². The Morgan fingerprint density at radius 3 is 2.50 bits per heavy atom. The highest BCUT2D eigenvalue weighted by atomic mass is 35.5. The Morgan fingerprint density at radius 2 is 1.88 bits per heavy atom. The van der Waals surface area contributed by atoms with Crippen LogP contribution in [0.2, 0.25) is 5.02 Å². The van der Waals surface area contributed by atoms with E-state index in [1.54, 1.807) is 0 Å². The summed E-state index contributed by atoms with van der Waals surface area (Å²) in [7, 11) is 0. The molecule has 0 aliphatic heterocycles. The van der Waals surface area contributed by atoms with Gasteiger partial charge in [0.05, 0.1) is 0 Å². The monoisotopic (exact) mass is 239 g/mol. The number of benzene rings is 1. The standard InChI is InChI=1S/C14H22ClN/c1-11(2)7-6-10-16-12(3)13-8-4-5-9-14(13)15/h4-5,8-9,11-12,16H,6-7,10H2,1-3H3/t12-/m1/s1. The van der Waals surface area contributed by atoms with Gasteiger partial charge in [-0.2, -0.15) is 0 Å². The van der Waals surface area contributed by atoms with E-state index < -0.39 is 0 Å². The summed E-state index contributed by atoms with van der Waals surface area (Å²) >= 11 is 6.14. The first kappa shape index (κ1) is 13.5. The minimum Gasteiger partial charge on any atom is -0.310 e. The van der Waals surface area contributed by atoms with Crippen molar-refractivity contribution in [3.05, 3.63) is 34.9 Å². The molecule has 0 bridgehead atoms. The molecule has 1 rings (SSSR count). The quantitative estimate of drug-likeness (QED) is 0.725. The molecule has 90 valence electrons. The molecule has 0 amide bonds. The molecule has 1 aromatic rings. The molecular weight excluding hydrogens is 218 g/mol. The fourth-order valence-electron chi connectivity index (χ4n) is 1.77. The molecule has 0 unspecified atom stereocenters. The molecule has 0 fully saturated rings. The highest BCUT2D eigenvalue weighted by Crippen LogP contribution is 2.22. The van der Waals surface area contributed by atoms with E-state index in [-0.39, 0.29) is 0 Å². The van der Waals surface area contributed by atoms with Crippen LogP contribution in [0.5, 0.6) is 0 Å². The van der Waals surface area contributed by atoms with E-state index in [1.165, 1.54) is 18.4 Å². The van der Waals surface area contributed by atoms with Crippen LogP contribution in [0.25, 0.3) is 0 Å². The molecular formula is C14H22ClN. The van der Waals surface area contributed by atoms with E-state index >= 15 is 0 Å². The Hall–Kier alpha value is -0.530. The van der Waals surface area contributed by atoms with Crippen molar-refractivity contribution in [2.45, 2.75) is 39.7 Å². The largest absolute Gasteiger partial charge is 0.310 e. The summed E-state index contributed by atoms with van der Waals surface area (Å²) in [6, 6.07) is 8.37. The first-order valence-electron chi connectivity index (χ1n) is 6.09. The van der Waals surface area contributed by atoms with Crippen LogP contribution >= 0.6 is 11.6 Å². The van der Waals surface area contributed by atoms with Crippen LogP contribution in [0.1, 0.15) is 45.2 Å². The van der Waals surface area contributed by atoms with Gasteiger partial charge in [0, 0.05) is 11.1 Å². The third kappa shape index (κ3) is 4.54. The first-order valence-corrected chi connectivity index (χ1v) is 6.47. The SMILES string of the molecule is CC(C)CCCN[C@H](C)c1ccccc1Cl. The van der Waals surface area contributed by atoms with Gasteiger partial charge in [-0.05, 0) is 43.9 Å². The Kier molecular flexibility index (Phi) is 5.86. The molecule has 0 aliphatic carbocycles. The van der Waals surface area contributed by atoms with E-state index in [2.05, 4.69) is 32.2 Å². The number of halogens is 1. The van der Waals surface area contributed by atoms with Crippen molar-refractivity contribution in [2.75, 3.05) is 6.54 Å². The van der Waals surface area contributed by atoms with Crippen LogP contribution in [-0.2, 0) is 0 Å².